The Morgan fingerprint density at radius 3 is 2.76 bits per heavy atom. The molecule has 1 aromatic rings. The maximum atomic E-state index is 12.4. The lowest BCUT2D eigenvalue weighted by Gasteiger charge is -2.27. The number of hydrogen-bond acceptors (Lipinski definition) is 4. The molecule has 0 aliphatic carbocycles. The highest BCUT2D eigenvalue weighted by Crippen LogP contribution is 2.19. The molecule has 2 heterocycles. The van der Waals surface area contributed by atoms with Crippen molar-refractivity contribution in [1.29, 1.82) is 0 Å². The highest BCUT2D eigenvalue weighted by molar-refractivity contribution is 7.90. The third-order valence-corrected chi connectivity index (χ3v) is 5.52. The summed E-state index contributed by atoms with van der Waals surface area (Å²) in [7, 11) is -3.38. The van der Waals surface area contributed by atoms with E-state index in [0.29, 0.717) is 24.5 Å². The average molecular weight is 359 g/mol. The maximum absolute atomic E-state index is 12.4. The molecule has 0 saturated carbocycles. The van der Waals surface area contributed by atoms with Crippen molar-refractivity contribution in [2.45, 2.75) is 19.3 Å². The number of fused-ring (bicyclic) bond motifs is 1. The Morgan fingerprint density at radius 2 is 2.04 bits per heavy atom. The first-order valence-corrected chi connectivity index (χ1v) is 9.92. The Balaban J connectivity index is 1.65. The van der Waals surface area contributed by atoms with Crippen LogP contribution < -0.4 is 5.32 Å². The van der Waals surface area contributed by atoms with Gasteiger partial charge in [0.05, 0.1) is 11.3 Å². The smallest absolute Gasteiger partial charge is 0.256 e. The molecule has 0 spiro atoms. The van der Waals surface area contributed by atoms with E-state index in [1.807, 2.05) is 18.2 Å². The van der Waals surface area contributed by atoms with Crippen LogP contribution in [-0.2, 0) is 14.8 Å². The molecule has 0 bridgehead atoms. The molecule has 132 valence electrons. The highest BCUT2D eigenvalue weighted by atomic mass is 32.2. The Morgan fingerprint density at radius 1 is 1.28 bits per heavy atom. The van der Waals surface area contributed by atoms with E-state index in [1.54, 1.807) is 23.3 Å². The lowest BCUT2D eigenvalue weighted by atomic mass is 9.96. The molecule has 2 aliphatic heterocycles. The van der Waals surface area contributed by atoms with Crippen molar-refractivity contribution in [2.24, 2.45) is 4.40 Å². The summed E-state index contributed by atoms with van der Waals surface area (Å²) in [6, 6.07) is 10.1. The molecule has 7 heteroatoms. The zero-order chi connectivity index (χ0) is 17.9. The van der Waals surface area contributed by atoms with Crippen LogP contribution in [0, 0.1) is 0 Å². The van der Waals surface area contributed by atoms with E-state index >= 15 is 0 Å². The largest absolute Gasteiger partial charge is 0.351 e. The summed E-state index contributed by atoms with van der Waals surface area (Å²) in [4.78, 5) is 14.1. The van der Waals surface area contributed by atoms with Gasteiger partial charge in [0.25, 0.3) is 15.9 Å². The molecule has 1 amide bonds. The second kappa shape index (κ2) is 7.23. The van der Waals surface area contributed by atoms with E-state index in [-0.39, 0.29) is 17.6 Å². The van der Waals surface area contributed by atoms with Crippen molar-refractivity contribution in [1.82, 2.24) is 10.2 Å². The Hall–Kier alpha value is -2.41. The number of carbonyl (C=O) groups excluding carboxylic acids is 1. The van der Waals surface area contributed by atoms with Gasteiger partial charge < -0.3 is 10.2 Å². The van der Waals surface area contributed by atoms with Gasteiger partial charge in [0.15, 0.2) is 0 Å². The minimum Gasteiger partial charge on any atom is -0.351 e. The lowest BCUT2D eigenvalue weighted by Crippen LogP contribution is -2.38. The predicted octanol–water partition coefficient (Wildman–Crippen LogP) is 1.79. The molecule has 3 rings (SSSR count). The fourth-order valence-corrected chi connectivity index (χ4v) is 3.85. The standard InChI is InChI=1S/C18H21N3O3S/c1-2-14(15-6-4-3-5-7-15)12-19-18(22)16-8-9-17-20-25(23,24)11-10-21(17)13-16/h3-9,13-14H,2,10-12H2,1H3,(H,19,22)/t14-/m0/s1. The summed E-state index contributed by atoms with van der Waals surface area (Å²) in [5.41, 5.74) is 1.70. The topological polar surface area (TPSA) is 78.8 Å². The Labute approximate surface area is 148 Å². The van der Waals surface area contributed by atoms with Crippen molar-refractivity contribution >= 4 is 21.8 Å². The molecule has 0 fully saturated rings. The van der Waals surface area contributed by atoms with E-state index < -0.39 is 10.0 Å². The molecule has 2 aliphatic rings. The quantitative estimate of drug-likeness (QED) is 0.869. The zero-order valence-electron chi connectivity index (χ0n) is 14.1. The van der Waals surface area contributed by atoms with Crippen molar-refractivity contribution < 1.29 is 13.2 Å². The van der Waals surface area contributed by atoms with Crippen molar-refractivity contribution in [3.63, 3.8) is 0 Å². The third-order valence-electron chi connectivity index (χ3n) is 4.36. The summed E-state index contributed by atoms with van der Waals surface area (Å²) in [6.07, 6.45) is 5.77. The minimum absolute atomic E-state index is 0.0400. The SMILES string of the molecule is CC[C@@H](CNC(=O)C1=CN2CCS(=O)(=O)N=C2C=C1)c1ccccc1. The van der Waals surface area contributed by atoms with Crippen LogP contribution in [0.4, 0.5) is 0 Å². The van der Waals surface area contributed by atoms with Gasteiger partial charge in [-0.3, -0.25) is 4.79 Å². The van der Waals surface area contributed by atoms with Crippen LogP contribution in [0.25, 0.3) is 0 Å². The van der Waals surface area contributed by atoms with Crippen LogP contribution in [0.15, 0.2) is 58.7 Å². The van der Waals surface area contributed by atoms with Crippen LogP contribution in [-0.4, -0.2) is 43.9 Å². The first-order valence-electron chi connectivity index (χ1n) is 8.31. The molecular weight excluding hydrogens is 338 g/mol. The summed E-state index contributed by atoms with van der Waals surface area (Å²) >= 11 is 0. The summed E-state index contributed by atoms with van der Waals surface area (Å²) in [6.45, 7) is 2.96. The van der Waals surface area contributed by atoms with Gasteiger partial charge in [0.1, 0.15) is 5.84 Å². The van der Waals surface area contributed by atoms with Gasteiger partial charge in [-0.05, 0) is 24.1 Å². The van der Waals surface area contributed by atoms with Crippen molar-refractivity contribution in [2.75, 3.05) is 18.8 Å². The Kier molecular flexibility index (Phi) is 5.03. The lowest BCUT2D eigenvalue weighted by molar-refractivity contribution is -0.117. The van der Waals surface area contributed by atoms with Gasteiger partial charge in [-0.15, -0.1) is 4.40 Å². The summed E-state index contributed by atoms with van der Waals surface area (Å²) < 4.78 is 26.7. The van der Waals surface area contributed by atoms with Crippen LogP contribution in [0.5, 0.6) is 0 Å². The van der Waals surface area contributed by atoms with Gasteiger partial charge in [-0.1, -0.05) is 37.3 Å². The zero-order valence-corrected chi connectivity index (χ0v) is 14.9. The molecule has 1 aromatic carbocycles. The van der Waals surface area contributed by atoms with Crippen molar-refractivity contribution in [3.05, 3.63) is 59.8 Å². The number of carbonyl (C=O) groups is 1. The van der Waals surface area contributed by atoms with Crippen LogP contribution in [0.1, 0.15) is 24.8 Å². The monoisotopic (exact) mass is 359 g/mol. The van der Waals surface area contributed by atoms with Crippen LogP contribution in [0.3, 0.4) is 0 Å². The minimum atomic E-state index is -3.38. The number of amides is 1. The number of hydrogen-bond donors (Lipinski definition) is 1. The van der Waals surface area contributed by atoms with Gasteiger partial charge in [0, 0.05) is 25.2 Å². The average Bonchev–Trinajstić information content (AvgIpc) is 2.62. The van der Waals surface area contributed by atoms with Gasteiger partial charge in [-0.25, -0.2) is 8.42 Å². The number of amidine groups is 1. The normalized spacial score (nSPS) is 19.5. The highest BCUT2D eigenvalue weighted by Gasteiger charge is 2.25. The van der Waals surface area contributed by atoms with Crippen LogP contribution in [0.2, 0.25) is 0 Å². The molecule has 25 heavy (non-hydrogen) atoms. The maximum Gasteiger partial charge on any atom is 0.256 e. The number of rotatable bonds is 5. The van der Waals surface area contributed by atoms with Crippen LogP contribution >= 0.6 is 0 Å². The molecule has 6 nitrogen and oxygen atoms in total. The Bertz CT molecular complexity index is 842. The fourth-order valence-electron chi connectivity index (χ4n) is 2.88. The van der Waals surface area contributed by atoms with E-state index in [1.165, 1.54) is 5.56 Å². The molecule has 0 saturated heterocycles. The first kappa shape index (κ1) is 17.4. The van der Waals surface area contributed by atoms with Gasteiger partial charge in [0.2, 0.25) is 0 Å². The second-order valence-corrected chi connectivity index (χ2v) is 7.83. The molecular formula is C18H21N3O3S. The second-order valence-electron chi connectivity index (χ2n) is 6.07. The van der Waals surface area contributed by atoms with Crippen molar-refractivity contribution in [3.8, 4) is 0 Å². The molecule has 0 radical (unpaired) electrons. The summed E-state index contributed by atoms with van der Waals surface area (Å²) in [5, 5.41) is 2.97. The van der Waals surface area contributed by atoms with E-state index in [9.17, 15) is 13.2 Å². The molecule has 0 aromatic heterocycles. The molecule has 1 N–H and O–H groups in total. The number of nitrogens with one attached hydrogen (secondary N) is 1. The number of benzene rings is 1. The molecule has 0 unspecified atom stereocenters. The van der Waals surface area contributed by atoms with E-state index in [0.717, 1.165) is 6.42 Å². The summed E-state index contributed by atoms with van der Waals surface area (Å²) in [5.74, 6) is 0.411. The van der Waals surface area contributed by atoms with E-state index in [4.69, 9.17) is 0 Å². The first-order chi connectivity index (χ1) is 12.0. The third kappa shape index (κ3) is 4.17. The van der Waals surface area contributed by atoms with E-state index in [2.05, 4.69) is 28.8 Å². The number of sulfonamides is 1. The van der Waals surface area contributed by atoms with Gasteiger partial charge in [-0.2, -0.15) is 0 Å². The predicted molar refractivity (Wildman–Crippen MR) is 97.6 cm³/mol. The fraction of sp³-hybridized carbons (Fsp3) is 0.333. The number of nitrogens with zero attached hydrogens (tertiary/aromatic N) is 2. The van der Waals surface area contributed by atoms with Gasteiger partial charge >= 0.3 is 0 Å². The molecule has 1 atom stereocenters.